The van der Waals surface area contributed by atoms with Crippen LogP contribution in [0.5, 0.6) is 28.7 Å². The monoisotopic (exact) mass is 374 g/mol. The Morgan fingerprint density at radius 2 is 1.52 bits per heavy atom. The topological polar surface area (TPSA) is 87.6 Å². The highest BCUT2D eigenvalue weighted by atomic mass is 16.5. The Balaban J connectivity index is 1.92. The zero-order chi connectivity index (χ0) is 19.6. The Morgan fingerprint density at radius 1 is 0.926 bits per heavy atom. The second-order valence-electron chi connectivity index (χ2n) is 5.22. The van der Waals surface area contributed by atoms with Gasteiger partial charge in [0.2, 0.25) is 5.75 Å². The highest BCUT2D eigenvalue weighted by molar-refractivity contribution is 5.84. The normalized spacial score (nSPS) is 10.4. The van der Waals surface area contributed by atoms with E-state index in [-0.39, 0.29) is 6.61 Å². The van der Waals surface area contributed by atoms with Crippen LogP contribution in [0, 0.1) is 0 Å². The summed E-state index contributed by atoms with van der Waals surface area (Å²) in [6.07, 6.45) is 1.47. The van der Waals surface area contributed by atoms with Crippen molar-refractivity contribution in [3.05, 3.63) is 42.0 Å². The van der Waals surface area contributed by atoms with E-state index in [1.54, 1.807) is 43.5 Å². The van der Waals surface area contributed by atoms with Crippen LogP contribution in [-0.4, -0.2) is 47.2 Å². The number of hydrogen-bond acceptors (Lipinski definition) is 7. The van der Waals surface area contributed by atoms with Crippen LogP contribution < -0.4 is 29.1 Å². The van der Waals surface area contributed by atoms with E-state index >= 15 is 0 Å². The van der Waals surface area contributed by atoms with E-state index in [0.717, 1.165) is 0 Å². The minimum absolute atomic E-state index is 0.168. The molecule has 0 aliphatic rings. The van der Waals surface area contributed by atoms with Crippen LogP contribution in [0.2, 0.25) is 0 Å². The number of carbonyl (C=O) groups is 1. The number of nitrogens with one attached hydrogen (secondary N) is 1. The molecule has 0 aliphatic carbocycles. The van der Waals surface area contributed by atoms with E-state index in [4.69, 9.17) is 23.7 Å². The van der Waals surface area contributed by atoms with Gasteiger partial charge in [0.15, 0.2) is 18.1 Å². The van der Waals surface area contributed by atoms with Crippen molar-refractivity contribution in [2.45, 2.75) is 0 Å². The summed E-state index contributed by atoms with van der Waals surface area (Å²) in [7, 11) is 6.15. The Bertz CT molecular complexity index is 764. The predicted octanol–water partition coefficient (Wildman–Crippen LogP) is 2.25. The molecule has 144 valence electrons. The molecule has 27 heavy (non-hydrogen) atoms. The molecule has 0 aliphatic heterocycles. The standard InChI is InChI=1S/C19H22N2O6/c1-23-14-5-7-15(8-6-14)27-12-18(22)21-20-11-13-9-16(24-2)19(26-4)17(10-13)25-3/h5-11H,12H2,1-4H3,(H,21,22)/b20-11+. The first kappa shape index (κ1) is 19.9. The van der Waals surface area contributed by atoms with Gasteiger partial charge in [0.1, 0.15) is 11.5 Å². The van der Waals surface area contributed by atoms with Crippen LogP contribution in [-0.2, 0) is 4.79 Å². The van der Waals surface area contributed by atoms with Gasteiger partial charge in [-0.1, -0.05) is 0 Å². The molecule has 1 amide bonds. The van der Waals surface area contributed by atoms with Crippen molar-refractivity contribution in [1.29, 1.82) is 0 Å². The molecule has 0 saturated heterocycles. The second-order valence-corrected chi connectivity index (χ2v) is 5.22. The Labute approximate surface area is 157 Å². The van der Waals surface area contributed by atoms with Crippen molar-refractivity contribution in [3.8, 4) is 28.7 Å². The van der Waals surface area contributed by atoms with Crippen LogP contribution in [0.4, 0.5) is 0 Å². The molecule has 0 saturated carbocycles. The minimum atomic E-state index is -0.394. The number of ether oxygens (including phenoxy) is 5. The van der Waals surface area contributed by atoms with E-state index in [1.807, 2.05) is 0 Å². The van der Waals surface area contributed by atoms with Gasteiger partial charge in [0.05, 0.1) is 34.7 Å². The van der Waals surface area contributed by atoms with E-state index < -0.39 is 5.91 Å². The van der Waals surface area contributed by atoms with Crippen LogP contribution in [0.15, 0.2) is 41.5 Å². The van der Waals surface area contributed by atoms with Crippen LogP contribution in [0.1, 0.15) is 5.56 Å². The molecule has 2 aromatic rings. The number of hydrogen-bond donors (Lipinski definition) is 1. The summed E-state index contributed by atoms with van der Waals surface area (Å²) < 4.78 is 26.2. The van der Waals surface area contributed by atoms with Crippen molar-refractivity contribution in [2.75, 3.05) is 35.0 Å². The lowest BCUT2D eigenvalue weighted by Gasteiger charge is -2.12. The van der Waals surface area contributed by atoms with E-state index in [0.29, 0.717) is 34.3 Å². The number of rotatable bonds is 9. The fourth-order valence-electron chi connectivity index (χ4n) is 2.21. The fraction of sp³-hybridized carbons (Fsp3) is 0.263. The minimum Gasteiger partial charge on any atom is -0.497 e. The van der Waals surface area contributed by atoms with Gasteiger partial charge < -0.3 is 23.7 Å². The van der Waals surface area contributed by atoms with Gasteiger partial charge in [0.25, 0.3) is 5.91 Å². The first-order chi connectivity index (χ1) is 13.1. The molecule has 8 nitrogen and oxygen atoms in total. The van der Waals surface area contributed by atoms with Gasteiger partial charge in [-0.3, -0.25) is 4.79 Å². The molecule has 0 atom stereocenters. The Morgan fingerprint density at radius 3 is 2.04 bits per heavy atom. The van der Waals surface area contributed by atoms with Crippen LogP contribution >= 0.6 is 0 Å². The lowest BCUT2D eigenvalue weighted by atomic mass is 10.2. The molecule has 2 rings (SSSR count). The predicted molar refractivity (Wildman–Crippen MR) is 100 cm³/mol. The van der Waals surface area contributed by atoms with Gasteiger partial charge in [0, 0.05) is 5.56 Å². The van der Waals surface area contributed by atoms with Gasteiger partial charge in [-0.2, -0.15) is 5.10 Å². The molecule has 0 spiro atoms. The number of benzene rings is 2. The van der Waals surface area contributed by atoms with E-state index in [1.165, 1.54) is 27.5 Å². The average Bonchev–Trinajstić information content (AvgIpc) is 2.71. The molecule has 0 bridgehead atoms. The summed E-state index contributed by atoms with van der Waals surface area (Å²) in [6.45, 7) is -0.168. The maximum atomic E-state index is 11.8. The zero-order valence-electron chi connectivity index (χ0n) is 15.6. The van der Waals surface area contributed by atoms with Gasteiger partial charge in [-0.15, -0.1) is 0 Å². The second kappa shape index (κ2) is 9.91. The lowest BCUT2D eigenvalue weighted by Crippen LogP contribution is -2.24. The lowest BCUT2D eigenvalue weighted by molar-refractivity contribution is -0.123. The number of amides is 1. The third-order valence-electron chi connectivity index (χ3n) is 3.52. The molecule has 0 heterocycles. The number of nitrogens with zero attached hydrogens (tertiary/aromatic N) is 1. The molecular formula is C19H22N2O6. The Hall–Kier alpha value is -3.42. The fourth-order valence-corrected chi connectivity index (χ4v) is 2.21. The summed E-state index contributed by atoms with van der Waals surface area (Å²) in [4.78, 5) is 11.8. The number of methoxy groups -OCH3 is 4. The maximum absolute atomic E-state index is 11.8. The van der Waals surface area contributed by atoms with Crippen LogP contribution in [0.3, 0.4) is 0 Å². The maximum Gasteiger partial charge on any atom is 0.277 e. The summed E-state index contributed by atoms with van der Waals surface area (Å²) in [5.74, 6) is 2.34. The summed E-state index contributed by atoms with van der Waals surface area (Å²) in [6, 6.07) is 10.3. The summed E-state index contributed by atoms with van der Waals surface area (Å²) in [5, 5.41) is 3.91. The SMILES string of the molecule is COc1ccc(OCC(=O)N/N=C/c2cc(OC)c(OC)c(OC)c2)cc1. The first-order valence-corrected chi connectivity index (χ1v) is 8.00. The third kappa shape index (κ3) is 5.53. The van der Waals surface area contributed by atoms with Crippen molar-refractivity contribution in [3.63, 3.8) is 0 Å². The summed E-state index contributed by atoms with van der Waals surface area (Å²) >= 11 is 0. The largest absolute Gasteiger partial charge is 0.497 e. The molecule has 8 heteroatoms. The van der Waals surface area contributed by atoms with Crippen molar-refractivity contribution in [1.82, 2.24) is 5.43 Å². The molecule has 2 aromatic carbocycles. The molecular weight excluding hydrogens is 352 g/mol. The molecule has 0 radical (unpaired) electrons. The smallest absolute Gasteiger partial charge is 0.277 e. The van der Waals surface area contributed by atoms with Crippen LogP contribution in [0.25, 0.3) is 0 Å². The number of carbonyl (C=O) groups excluding carboxylic acids is 1. The highest BCUT2D eigenvalue weighted by Gasteiger charge is 2.12. The molecule has 1 N–H and O–H groups in total. The quantitative estimate of drug-likeness (QED) is 0.535. The number of hydrazone groups is 1. The summed E-state index contributed by atoms with van der Waals surface area (Å²) in [5.41, 5.74) is 3.06. The molecule has 0 unspecified atom stereocenters. The zero-order valence-corrected chi connectivity index (χ0v) is 15.6. The van der Waals surface area contributed by atoms with Gasteiger partial charge in [-0.25, -0.2) is 5.43 Å². The average molecular weight is 374 g/mol. The van der Waals surface area contributed by atoms with Gasteiger partial charge >= 0.3 is 0 Å². The van der Waals surface area contributed by atoms with E-state index in [9.17, 15) is 4.79 Å². The third-order valence-corrected chi connectivity index (χ3v) is 3.52. The molecule has 0 fully saturated rings. The molecule has 0 aromatic heterocycles. The van der Waals surface area contributed by atoms with E-state index in [2.05, 4.69) is 10.5 Å². The van der Waals surface area contributed by atoms with Crippen molar-refractivity contribution >= 4 is 12.1 Å². The van der Waals surface area contributed by atoms with Crippen molar-refractivity contribution in [2.24, 2.45) is 5.10 Å². The van der Waals surface area contributed by atoms with Gasteiger partial charge in [-0.05, 0) is 36.4 Å². The van der Waals surface area contributed by atoms with Crippen molar-refractivity contribution < 1.29 is 28.5 Å². The highest BCUT2D eigenvalue weighted by Crippen LogP contribution is 2.37. The first-order valence-electron chi connectivity index (χ1n) is 8.00. The Kier molecular flexibility index (Phi) is 7.30.